The van der Waals surface area contributed by atoms with Crippen molar-refractivity contribution in [2.75, 3.05) is 6.61 Å². The van der Waals surface area contributed by atoms with E-state index in [4.69, 9.17) is 4.74 Å². The fourth-order valence-corrected chi connectivity index (χ4v) is 7.87. The zero-order valence-corrected chi connectivity index (χ0v) is 41.4. The lowest BCUT2D eigenvalue weighted by atomic mass is 10.0. The number of carbonyl (C=O) groups excluding carboxylic acids is 2. The van der Waals surface area contributed by atoms with Gasteiger partial charge in [0.05, 0.1) is 25.2 Å². The zero-order chi connectivity index (χ0) is 45.9. The molecule has 0 saturated heterocycles. The number of hydrogen-bond donors (Lipinski definition) is 3. The van der Waals surface area contributed by atoms with Crippen molar-refractivity contribution in [2.45, 2.75) is 270 Å². The van der Waals surface area contributed by atoms with Crippen LogP contribution < -0.4 is 5.32 Å². The minimum Gasteiger partial charge on any atom is -0.462 e. The molecule has 0 aromatic heterocycles. The monoisotopic (exact) mass is 880 g/mol. The van der Waals surface area contributed by atoms with Crippen LogP contribution in [0.2, 0.25) is 0 Å². The highest BCUT2D eigenvalue weighted by atomic mass is 16.5. The molecule has 0 aliphatic carbocycles. The van der Waals surface area contributed by atoms with E-state index in [1.165, 1.54) is 135 Å². The number of hydrogen-bond acceptors (Lipinski definition) is 5. The van der Waals surface area contributed by atoms with Crippen molar-refractivity contribution in [2.24, 2.45) is 0 Å². The van der Waals surface area contributed by atoms with Gasteiger partial charge in [0.15, 0.2) is 0 Å². The fraction of sp³-hybridized carbons (Fsp3) is 0.754. The molecule has 0 aliphatic rings. The second-order valence-electron chi connectivity index (χ2n) is 18.0. The van der Waals surface area contributed by atoms with E-state index < -0.39 is 18.2 Å². The van der Waals surface area contributed by atoms with Crippen molar-refractivity contribution in [3.63, 3.8) is 0 Å². The first-order valence-electron chi connectivity index (χ1n) is 26.7. The summed E-state index contributed by atoms with van der Waals surface area (Å²) in [6.45, 7) is 6.33. The van der Waals surface area contributed by atoms with Crippen LogP contribution in [0.3, 0.4) is 0 Å². The number of esters is 1. The molecule has 63 heavy (non-hydrogen) atoms. The third-order valence-corrected chi connectivity index (χ3v) is 11.9. The number of carbonyl (C=O) groups is 2. The van der Waals surface area contributed by atoms with Crippen molar-refractivity contribution >= 4 is 11.9 Å². The Morgan fingerprint density at radius 3 is 1.35 bits per heavy atom. The van der Waals surface area contributed by atoms with Crippen LogP contribution in [0, 0.1) is 0 Å². The van der Waals surface area contributed by atoms with E-state index in [0.717, 1.165) is 64.2 Å². The predicted octanol–water partition coefficient (Wildman–Crippen LogP) is 16.2. The van der Waals surface area contributed by atoms with E-state index in [0.29, 0.717) is 25.7 Å². The SMILES string of the molecule is CC/C=C/C=C/C=C\C=C/C=C/CCCC(=O)OC(CCCCC/C=C/CCCCCCCCC)CC(=O)NC(CO)C(O)CCCCCCCCCCCCCCCCCCC. The summed E-state index contributed by atoms with van der Waals surface area (Å²) in [5.41, 5.74) is 0. The Morgan fingerprint density at radius 2 is 0.873 bits per heavy atom. The molecule has 6 nitrogen and oxygen atoms in total. The maximum absolute atomic E-state index is 13.2. The average molecular weight is 880 g/mol. The molecular weight excluding hydrogens is 779 g/mol. The number of rotatable bonds is 47. The summed E-state index contributed by atoms with van der Waals surface area (Å²) in [7, 11) is 0. The van der Waals surface area contributed by atoms with Crippen molar-refractivity contribution in [3.05, 3.63) is 72.9 Å². The molecule has 0 radical (unpaired) electrons. The lowest BCUT2D eigenvalue weighted by Gasteiger charge is -2.24. The van der Waals surface area contributed by atoms with Gasteiger partial charge >= 0.3 is 5.97 Å². The first-order chi connectivity index (χ1) is 31.0. The fourth-order valence-electron chi connectivity index (χ4n) is 7.87. The molecule has 0 saturated carbocycles. The van der Waals surface area contributed by atoms with Crippen molar-refractivity contribution in [3.8, 4) is 0 Å². The third-order valence-electron chi connectivity index (χ3n) is 11.9. The van der Waals surface area contributed by atoms with Crippen molar-refractivity contribution in [1.82, 2.24) is 5.32 Å². The second kappa shape index (κ2) is 50.3. The number of aliphatic hydroxyl groups excluding tert-OH is 2. The van der Waals surface area contributed by atoms with E-state index in [1.807, 2.05) is 54.7 Å². The molecule has 3 N–H and O–H groups in total. The van der Waals surface area contributed by atoms with Gasteiger partial charge < -0.3 is 20.3 Å². The highest BCUT2D eigenvalue weighted by Crippen LogP contribution is 2.17. The summed E-state index contributed by atoms with van der Waals surface area (Å²) in [6, 6.07) is -0.724. The van der Waals surface area contributed by atoms with Gasteiger partial charge in [-0.25, -0.2) is 0 Å². The van der Waals surface area contributed by atoms with Crippen LogP contribution >= 0.6 is 0 Å². The highest BCUT2D eigenvalue weighted by Gasteiger charge is 2.24. The van der Waals surface area contributed by atoms with Gasteiger partial charge in [0.2, 0.25) is 5.91 Å². The number of aliphatic hydroxyl groups is 2. The normalized spacial score (nSPS) is 13.8. The lowest BCUT2D eigenvalue weighted by Crippen LogP contribution is -2.46. The van der Waals surface area contributed by atoms with Gasteiger partial charge in [-0.3, -0.25) is 9.59 Å². The molecule has 0 bridgehead atoms. The predicted molar refractivity (Wildman–Crippen MR) is 273 cm³/mol. The molecule has 0 aromatic rings. The molecule has 0 aliphatic heterocycles. The molecule has 1 amide bonds. The van der Waals surface area contributed by atoms with Crippen LogP contribution in [-0.4, -0.2) is 46.9 Å². The standard InChI is InChI=1S/C57H101NO5/c1-4-7-10-13-16-19-22-25-27-28-29-32-34-37-40-43-46-49-55(60)54(52-59)58-56(61)51-53(48-45-42-39-36-33-31-26-23-20-17-14-11-8-5-2)63-57(62)50-47-44-41-38-35-30-24-21-18-15-12-9-6-3/h9,12,15,18,21,24,30-31,33,35,38,41,53-55,59-60H,4-8,10-11,13-14,16-17,19-20,22-23,25-29,32,34,36-37,39-40,42-52H2,1-3H3,(H,58,61)/b12-9+,18-15+,24-21-,33-31+,35-30-,41-38+. The van der Waals surface area contributed by atoms with E-state index in [2.05, 4.69) is 44.3 Å². The van der Waals surface area contributed by atoms with Gasteiger partial charge in [-0.15, -0.1) is 0 Å². The second-order valence-corrected chi connectivity index (χ2v) is 18.0. The Balaban J connectivity index is 4.63. The number of amides is 1. The molecule has 364 valence electrons. The third kappa shape index (κ3) is 45.7. The lowest BCUT2D eigenvalue weighted by molar-refractivity contribution is -0.151. The Morgan fingerprint density at radius 1 is 0.476 bits per heavy atom. The Labute approximate surface area is 390 Å². The summed E-state index contributed by atoms with van der Waals surface area (Å²) >= 11 is 0. The van der Waals surface area contributed by atoms with Gasteiger partial charge in [0.1, 0.15) is 6.10 Å². The minimum absolute atomic E-state index is 0.0364. The van der Waals surface area contributed by atoms with Gasteiger partial charge in [-0.05, 0) is 64.2 Å². The van der Waals surface area contributed by atoms with Crippen LogP contribution in [0.1, 0.15) is 252 Å². The van der Waals surface area contributed by atoms with Crippen LogP contribution in [0.5, 0.6) is 0 Å². The van der Waals surface area contributed by atoms with Gasteiger partial charge in [0.25, 0.3) is 0 Å². The Hall–Kier alpha value is -2.70. The molecule has 0 aromatic carbocycles. The Kier molecular flexibility index (Phi) is 48.1. The van der Waals surface area contributed by atoms with Gasteiger partial charge in [-0.2, -0.15) is 0 Å². The van der Waals surface area contributed by atoms with Crippen molar-refractivity contribution < 1.29 is 24.5 Å². The number of ether oxygens (including phenoxy) is 1. The molecule has 0 spiro atoms. The molecule has 0 fully saturated rings. The van der Waals surface area contributed by atoms with Crippen LogP contribution in [0.15, 0.2) is 72.9 Å². The topological polar surface area (TPSA) is 95.9 Å². The van der Waals surface area contributed by atoms with Crippen LogP contribution in [0.4, 0.5) is 0 Å². The molecule has 6 heteroatoms. The van der Waals surface area contributed by atoms with Crippen molar-refractivity contribution in [1.29, 1.82) is 0 Å². The van der Waals surface area contributed by atoms with E-state index in [1.54, 1.807) is 0 Å². The minimum atomic E-state index is -0.807. The molecule has 3 atom stereocenters. The van der Waals surface area contributed by atoms with E-state index in [9.17, 15) is 19.8 Å². The largest absolute Gasteiger partial charge is 0.462 e. The highest BCUT2D eigenvalue weighted by molar-refractivity contribution is 5.77. The van der Waals surface area contributed by atoms with Crippen LogP contribution in [0.25, 0.3) is 0 Å². The smallest absolute Gasteiger partial charge is 0.306 e. The summed E-state index contributed by atoms with van der Waals surface area (Å²) in [6.07, 6.45) is 64.0. The quantitative estimate of drug-likeness (QED) is 0.0245. The summed E-state index contributed by atoms with van der Waals surface area (Å²) in [5, 5.41) is 23.8. The maximum Gasteiger partial charge on any atom is 0.306 e. The number of nitrogens with one attached hydrogen (secondary N) is 1. The molecule has 3 unspecified atom stereocenters. The van der Waals surface area contributed by atoms with Gasteiger partial charge in [-0.1, -0.05) is 248 Å². The average Bonchev–Trinajstić information content (AvgIpc) is 3.28. The van der Waals surface area contributed by atoms with Gasteiger partial charge in [0, 0.05) is 6.42 Å². The van der Waals surface area contributed by atoms with E-state index in [-0.39, 0.29) is 24.9 Å². The first-order valence-corrected chi connectivity index (χ1v) is 26.7. The van der Waals surface area contributed by atoms with Crippen LogP contribution in [-0.2, 0) is 14.3 Å². The first kappa shape index (κ1) is 60.3. The zero-order valence-electron chi connectivity index (χ0n) is 41.4. The molecule has 0 rings (SSSR count). The number of allylic oxidation sites excluding steroid dienone is 12. The molecule has 0 heterocycles. The van der Waals surface area contributed by atoms with E-state index >= 15 is 0 Å². The maximum atomic E-state index is 13.2. The summed E-state index contributed by atoms with van der Waals surface area (Å²) < 4.78 is 5.89. The summed E-state index contributed by atoms with van der Waals surface area (Å²) in [5.74, 6) is -0.576. The number of unbranched alkanes of at least 4 members (excludes halogenated alkanes) is 27. The summed E-state index contributed by atoms with van der Waals surface area (Å²) in [4.78, 5) is 26.1. The molecular formula is C57H101NO5. The Bertz CT molecular complexity index is 1170.